The molecule has 0 aromatic rings. The van der Waals surface area contributed by atoms with Crippen LogP contribution < -0.4 is 0 Å². The standard InChI is InChI=1S/C11H19NO2S/c1-5-9-6-12(2)7-10(9)11(13)8-15(3,4)14/h8H,5-7H2,1-4H3. The van der Waals surface area contributed by atoms with E-state index in [1.807, 2.05) is 7.05 Å². The van der Waals surface area contributed by atoms with Crippen LogP contribution >= 0.6 is 0 Å². The van der Waals surface area contributed by atoms with Crippen LogP contribution in [-0.4, -0.2) is 52.9 Å². The van der Waals surface area contributed by atoms with Crippen LogP contribution in [0.3, 0.4) is 0 Å². The van der Waals surface area contributed by atoms with Crippen molar-refractivity contribution in [2.75, 3.05) is 32.6 Å². The Morgan fingerprint density at radius 2 is 2.07 bits per heavy atom. The fourth-order valence-corrected chi connectivity index (χ4v) is 2.42. The molecular formula is C11H19NO2S. The van der Waals surface area contributed by atoms with Gasteiger partial charge >= 0.3 is 0 Å². The highest BCUT2D eigenvalue weighted by atomic mass is 32.2. The van der Waals surface area contributed by atoms with Gasteiger partial charge in [0.15, 0.2) is 5.78 Å². The summed E-state index contributed by atoms with van der Waals surface area (Å²) in [5.41, 5.74) is 2.03. The molecule has 0 radical (unpaired) electrons. The highest BCUT2D eigenvalue weighted by Gasteiger charge is 2.22. The van der Waals surface area contributed by atoms with E-state index in [-0.39, 0.29) is 5.78 Å². The second-order valence-corrected chi connectivity index (χ2v) is 7.25. The van der Waals surface area contributed by atoms with E-state index in [2.05, 4.69) is 11.8 Å². The Bertz CT molecular complexity index is 406. The van der Waals surface area contributed by atoms with E-state index in [1.54, 1.807) is 12.5 Å². The Labute approximate surface area is 92.2 Å². The lowest BCUT2D eigenvalue weighted by Crippen LogP contribution is -2.18. The second kappa shape index (κ2) is 4.49. The third-order valence-corrected chi connectivity index (χ3v) is 3.21. The number of ketones is 1. The number of carbonyl (C=O) groups is 1. The average Bonchev–Trinajstić information content (AvgIpc) is 2.43. The van der Waals surface area contributed by atoms with E-state index in [9.17, 15) is 9.00 Å². The average molecular weight is 229 g/mol. The van der Waals surface area contributed by atoms with Crippen LogP contribution in [0.25, 0.3) is 0 Å². The zero-order valence-corrected chi connectivity index (χ0v) is 10.7. The normalized spacial score (nSPS) is 18.4. The molecule has 0 aromatic carbocycles. The van der Waals surface area contributed by atoms with Crippen molar-refractivity contribution in [2.45, 2.75) is 13.3 Å². The van der Waals surface area contributed by atoms with Crippen molar-refractivity contribution >= 4 is 20.7 Å². The van der Waals surface area contributed by atoms with Gasteiger partial charge in [0.1, 0.15) is 0 Å². The number of likely N-dealkylation sites (N-methyl/N-ethyl adjacent to an activating group) is 1. The molecule has 0 amide bonds. The molecule has 0 aromatic heterocycles. The van der Waals surface area contributed by atoms with E-state index in [0.29, 0.717) is 6.54 Å². The van der Waals surface area contributed by atoms with Crippen LogP contribution in [0.15, 0.2) is 11.1 Å². The highest BCUT2D eigenvalue weighted by Crippen LogP contribution is 2.18. The van der Waals surface area contributed by atoms with Crippen LogP contribution in [0.4, 0.5) is 0 Å². The summed E-state index contributed by atoms with van der Waals surface area (Å²) in [4.78, 5) is 14.0. The van der Waals surface area contributed by atoms with Gasteiger partial charge in [0.2, 0.25) is 0 Å². The molecule has 1 aliphatic rings. The zero-order valence-electron chi connectivity index (χ0n) is 9.87. The maximum atomic E-state index is 11.9. The molecule has 0 fully saturated rings. The molecule has 0 aliphatic carbocycles. The first kappa shape index (κ1) is 12.5. The van der Waals surface area contributed by atoms with Gasteiger partial charge < -0.3 is 0 Å². The fourth-order valence-electron chi connectivity index (χ4n) is 1.77. The van der Waals surface area contributed by atoms with Crippen LogP contribution in [0.2, 0.25) is 0 Å². The van der Waals surface area contributed by atoms with Crippen LogP contribution in [-0.2, 0) is 14.3 Å². The third-order valence-electron chi connectivity index (χ3n) is 2.43. The first-order valence-corrected chi connectivity index (χ1v) is 7.50. The summed E-state index contributed by atoms with van der Waals surface area (Å²) in [6, 6.07) is 0. The molecule has 1 aliphatic heterocycles. The monoisotopic (exact) mass is 229 g/mol. The summed E-state index contributed by atoms with van der Waals surface area (Å²) >= 11 is 0. The van der Waals surface area contributed by atoms with E-state index in [1.165, 1.54) is 10.9 Å². The zero-order chi connectivity index (χ0) is 11.6. The molecule has 0 bridgehead atoms. The van der Waals surface area contributed by atoms with Crippen molar-refractivity contribution in [1.82, 2.24) is 4.90 Å². The second-order valence-electron chi connectivity index (χ2n) is 4.40. The molecule has 86 valence electrons. The lowest BCUT2D eigenvalue weighted by atomic mass is 10.1. The first-order valence-electron chi connectivity index (χ1n) is 5.06. The lowest BCUT2D eigenvalue weighted by molar-refractivity contribution is -0.109. The van der Waals surface area contributed by atoms with E-state index >= 15 is 0 Å². The summed E-state index contributed by atoms with van der Waals surface area (Å²) in [5.74, 6) is -0.0498. The van der Waals surface area contributed by atoms with Gasteiger partial charge in [0.25, 0.3) is 0 Å². The molecule has 4 heteroatoms. The van der Waals surface area contributed by atoms with Crippen molar-refractivity contribution < 1.29 is 9.00 Å². The fraction of sp³-hybridized carbons (Fsp3) is 0.636. The topological polar surface area (TPSA) is 37.4 Å². The van der Waals surface area contributed by atoms with E-state index < -0.39 is 9.52 Å². The molecule has 0 saturated heterocycles. The highest BCUT2D eigenvalue weighted by molar-refractivity contribution is 8.01. The Balaban J connectivity index is 2.99. The quantitative estimate of drug-likeness (QED) is 0.663. The van der Waals surface area contributed by atoms with Gasteiger partial charge in [-0.1, -0.05) is 6.92 Å². The summed E-state index contributed by atoms with van der Waals surface area (Å²) in [5, 5.41) is 1.37. The van der Waals surface area contributed by atoms with Gasteiger partial charge in [-0.15, -0.1) is 0 Å². The molecule has 0 saturated carbocycles. The predicted octanol–water partition coefficient (Wildman–Crippen LogP) is 0.554. The van der Waals surface area contributed by atoms with Gasteiger partial charge in [-0.05, 0) is 28.6 Å². The summed E-state index contributed by atoms with van der Waals surface area (Å²) < 4.78 is 11.5. The first-order chi connectivity index (χ1) is 6.83. The van der Waals surface area contributed by atoms with Gasteiger partial charge in [-0.2, -0.15) is 0 Å². The summed E-state index contributed by atoms with van der Waals surface area (Å²) in [7, 11) is -0.0959. The molecule has 3 nitrogen and oxygen atoms in total. The Hall–Kier alpha value is -0.610. The number of hydrogen-bond donors (Lipinski definition) is 0. The van der Waals surface area contributed by atoms with Crippen molar-refractivity contribution in [2.24, 2.45) is 0 Å². The maximum absolute atomic E-state index is 11.9. The van der Waals surface area contributed by atoms with Gasteiger partial charge in [0, 0.05) is 36.5 Å². The Kier molecular flexibility index (Phi) is 3.73. The smallest absolute Gasteiger partial charge is 0.190 e. The number of nitrogens with zero attached hydrogens (tertiary/aromatic N) is 1. The minimum atomic E-state index is -2.09. The molecule has 0 atom stereocenters. The van der Waals surface area contributed by atoms with E-state index in [0.717, 1.165) is 18.5 Å². The summed E-state index contributed by atoms with van der Waals surface area (Å²) in [6.07, 6.45) is 4.08. The molecule has 1 heterocycles. The van der Waals surface area contributed by atoms with Crippen molar-refractivity contribution in [3.63, 3.8) is 0 Å². The number of carbonyl (C=O) groups excluding carboxylic acids is 1. The third kappa shape index (κ3) is 3.47. The van der Waals surface area contributed by atoms with Crippen molar-refractivity contribution in [1.29, 1.82) is 0 Å². The maximum Gasteiger partial charge on any atom is 0.190 e. The molecule has 0 spiro atoms. The Morgan fingerprint density at radius 1 is 1.47 bits per heavy atom. The van der Waals surface area contributed by atoms with Crippen molar-refractivity contribution in [3.05, 3.63) is 11.1 Å². The number of Topliss-reactive ketones (excluding diaryl/α,β-unsaturated/α-hetero) is 1. The number of hydrogen-bond acceptors (Lipinski definition) is 3. The van der Waals surface area contributed by atoms with Gasteiger partial charge in [-0.25, -0.2) is 0 Å². The van der Waals surface area contributed by atoms with Crippen LogP contribution in [0.1, 0.15) is 13.3 Å². The van der Waals surface area contributed by atoms with Crippen molar-refractivity contribution in [3.8, 4) is 0 Å². The van der Waals surface area contributed by atoms with Crippen LogP contribution in [0.5, 0.6) is 0 Å². The number of rotatable bonds is 3. The Morgan fingerprint density at radius 3 is 2.53 bits per heavy atom. The molecular weight excluding hydrogens is 210 g/mol. The van der Waals surface area contributed by atoms with Crippen LogP contribution in [0, 0.1) is 0 Å². The molecule has 0 unspecified atom stereocenters. The van der Waals surface area contributed by atoms with E-state index in [4.69, 9.17) is 0 Å². The minimum Gasteiger partial charge on any atom is -0.298 e. The lowest BCUT2D eigenvalue weighted by Gasteiger charge is -2.05. The molecule has 0 N–H and O–H groups in total. The van der Waals surface area contributed by atoms with Gasteiger partial charge in [0.05, 0.1) is 0 Å². The SMILES string of the molecule is CCC1=C(C(=O)C=S(C)(C)=O)CN(C)C1. The minimum absolute atomic E-state index is 0.0498. The molecule has 15 heavy (non-hydrogen) atoms. The predicted molar refractivity (Wildman–Crippen MR) is 65.9 cm³/mol. The molecule has 1 rings (SSSR count). The van der Waals surface area contributed by atoms with Gasteiger partial charge in [-0.3, -0.25) is 13.9 Å². The largest absolute Gasteiger partial charge is 0.298 e. The summed E-state index contributed by atoms with van der Waals surface area (Å²) in [6.45, 7) is 3.60.